The zero-order chi connectivity index (χ0) is 27.5. The molecule has 2 fully saturated rings. The first-order chi connectivity index (χ1) is 20.1. The Bertz CT molecular complexity index is 1940. The molecule has 2 aliphatic heterocycles. The molecule has 2 bridgehead atoms. The number of nitrogens with zero attached hydrogens (tertiary/aromatic N) is 6. The monoisotopic (exact) mass is 565 g/mol. The molecule has 6 heterocycles. The van der Waals surface area contributed by atoms with Crippen LogP contribution in [0.5, 0.6) is 6.01 Å². The van der Waals surface area contributed by atoms with Crippen molar-refractivity contribution in [1.82, 2.24) is 29.7 Å². The first-order valence-corrected chi connectivity index (χ1v) is 14.1. The minimum Gasteiger partial charge on any atom is -0.458 e. The highest BCUT2D eigenvalue weighted by Crippen LogP contribution is 2.38. The fourth-order valence-corrected chi connectivity index (χ4v) is 6.52. The second-order valence-electron chi connectivity index (χ2n) is 10.7. The number of fused-ring (bicyclic) bond motifs is 5. The van der Waals surface area contributed by atoms with Crippen LogP contribution in [0.4, 0.5) is 10.2 Å². The maximum atomic E-state index is 16.5. The highest BCUT2D eigenvalue weighted by Gasteiger charge is 2.34. The van der Waals surface area contributed by atoms with E-state index in [2.05, 4.69) is 25.2 Å². The summed E-state index contributed by atoms with van der Waals surface area (Å²) in [4.78, 5) is 20.7. The van der Waals surface area contributed by atoms with Crippen molar-refractivity contribution in [1.29, 1.82) is 0 Å². The minimum absolute atomic E-state index is 0.110. The van der Waals surface area contributed by atoms with Gasteiger partial charge in [0.25, 0.3) is 0 Å². The van der Waals surface area contributed by atoms with E-state index in [9.17, 15) is 0 Å². The number of imidazole rings is 1. The quantitative estimate of drug-likeness (QED) is 0.283. The molecule has 204 valence electrons. The highest BCUT2D eigenvalue weighted by atomic mass is 35.5. The van der Waals surface area contributed by atoms with Gasteiger partial charge in [-0.15, -0.1) is 0 Å². The molecule has 0 saturated carbocycles. The summed E-state index contributed by atoms with van der Waals surface area (Å²) in [5.74, 6) is 0.105. The van der Waals surface area contributed by atoms with Gasteiger partial charge in [0.05, 0.1) is 5.39 Å². The predicted octanol–water partition coefficient (Wildman–Crippen LogP) is 5.80. The van der Waals surface area contributed by atoms with Gasteiger partial charge in [-0.1, -0.05) is 48.0 Å². The number of hydrogen-bond acceptors (Lipinski definition) is 7. The molecule has 41 heavy (non-hydrogen) atoms. The second kappa shape index (κ2) is 9.64. The van der Waals surface area contributed by atoms with Crippen LogP contribution >= 0.6 is 11.6 Å². The summed E-state index contributed by atoms with van der Waals surface area (Å²) < 4.78 is 24.6. The Morgan fingerprint density at radius 3 is 2.66 bits per heavy atom. The first-order valence-electron chi connectivity index (χ1n) is 13.7. The maximum absolute atomic E-state index is 16.5. The van der Waals surface area contributed by atoms with Crippen molar-refractivity contribution in [2.75, 3.05) is 18.0 Å². The summed E-state index contributed by atoms with van der Waals surface area (Å²) in [5, 5.41) is 6.41. The number of piperazine rings is 1. The van der Waals surface area contributed by atoms with Crippen molar-refractivity contribution in [2.24, 2.45) is 0 Å². The van der Waals surface area contributed by atoms with Gasteiger partial charge in [-0.05, 0) is 30.4 Å². The molecule has 8 nitrogen and oxygen atoms in total. The number of pyridine rings is 2. The maximum Gasteiger partial charge on any atom is 0.319 e. The molecule has 4 aromatic heterocycles. The number of hydrogen-bond donors (Lipinski definition) is 1. The van der Waals surface area contributed by atoms with Crippen LogP contribution in [0.2, 0.25) is 5.02 Å². The van der Waals surface area contributed by atoms with Crippen molar-refractivity contribution in [3.8, 4) is 17.3 Å². The summed E-state index contributed by atoms with van der Waals surface area (Å²) >= 11 is 6.59. The van der Waals surface area contributed by atoms with Crippen LogP contribution in [0.15, 0.2) is 73.3 Å². The van der Waals surface area contributed by atoms with Crippen molar-refractivity contribution in [2.45, 2.75) is 31.5 Å². The van der Waals surface area contributed by atoms with Gasteiger partial charge in [-0.2, -0.15) is 9.97 Å². The Kier molecular flexibility index (Phi) is 5.75. The van der Waals surface area contributed by atoms with Gasteiger partial charge >= 0.3 is 6.01 Å². The molecule has 0 spiro atoms. The molecule has 0 aliphatic carbocycles. The van der Waals surface area contributed by atoms with Crippen LogP contribution in [0, 0.1) is 5.82 Å². The van der Waals surface area contributed by atoms with Gasteiger partial charge in [-0.3, -0.25) is 4.98 Å². The normalized spacial score (nSPS) is 18.5. The largest absolute Gasteiger partial charge is 0.458 e. The molecule has 6 aromatic rings. The van der Waals surface area contributed by atoms with Gasteiger partial charge in [0.2, 0.25) is 0 Å². The van der Waals surface area contributed by atoms with Crippen molar-refractivity contribution in [3.05, 3.63) is 89.7 Å². The zero-order valence-corrected chi connectivity index (χ0v) is 22.7. The SMILES string of the molecule is Fc1c(-c2cccc3cccc(Cl)c23)ncc2c(N3CC4CCC(C3)N4)nc(OCc3cccn4ccnc34)nc12. The Hall–Kier alpha value is -4.34. The van der Waals surface area contributed by atoms with Crippen LogP contribution in [0.3, 0.4) is 0 Å². The van der Waals surface area contributed by atoms with Gasteiger partial charge in [0.1, 0.15) is 29.3 Å². The van der Waals surface area contributed by atoms with E-state index in [1.165, 1.54) is 0 Å². The third-order valence-electron chi connectivity index (χ3n) is 8.13. The number of aromatic nitrogens is 5. The van der Waals surface area contributed by atoms with Gasteiger partial charge in [-0.25, -0.2) is 9.37 Å². The average molecular weight is 566 g/mol. The molecule has 2 atom stereocenters. The van der Waals surface area contributed by atoms with Gasteiger partial charge in [0, 0.05) is 71.5 Å². The molecule has 10 heteroatoms. The zero-order valence-electron chi connectivity index (χ0n) is 22.0. The minimum atomic E-state index is -0.531. The molecular formula is C31H25ClFN7O. The van der Waals surface area contributed by atoms with Crippen LogP contribution in [0.1, 0.15) is 18.4 Å². The molecule has 2 aromatic carbocycles. The van der Waals surface area contributed by atoms with E-state index in [1.54, 1.807) is 18.5 Å². The lowest BCUT2D eigenvalue weighted by Gasteiger charge is -2.34. The average Bonchev–Trinajstić information content (AvgIpc) is 3.62. The lowest BCUT2D eigenvalue weighted by Crippen LogP contribution is -2.51. The number of anilines is 1. The molecule has 2 saturated heterocycles. The van der Waals surface area contributed by atoms with Crippen LogP contribution in [-0.2, 0) is 6.61 Å². The second-order valence-corrected chi connectivity index (χ2v) is 11.1. The Labute approximate surface area is 239 Å². The fourth-order valence-electron chi connectivity index (χ4n) is 6.24. The van der Waals surface area contributed by atoms with E-state index in [4.69, 9.17) is 21.3 Å². The highest BCUT2D eigenvalue weighted by molar-refractivity contribution is 6.36. The number of nitrogens with one attached hydrogen (secondary N) is 1. The van der Waals surface area contributed by atoms with Crippen LogP contribution < -0.4 is 15.0 Å². The van der Waals surface area contributed by atoms with E-state index >= 15 is 4.39 Å². The first kappa shape index (κ1) is 24.5. The Morgan fingerprint density at radius 2 is 1.80 bits per heavy atom. The van der Waals surface area contributed by atoms with Crippen molar-refractivity contribution >= 4 is 44.7 Å². The third-order valence-corrected chi connectivity index (χ3v) is 8.44. The summed E-state index contributed by atoms with van der Waals surface area (Å²) in [6.45, 7) is 1.74. The Morgan fingerprint density at radius 1 is 0.976 bits per heavy atom. The molecule has 2 aliphatic rings. The molecule has 1 N–H and O–H groups in total. The molecule has 0 amide bonds. The van der Waals surface area contributed by atoms with Crippen molar-refractivity contribution < 1.29 is 9.13 Å². The molecule has 2 unspecified atom stereocenters. The lowest BCUT2D eigenvalue weighted by atomic mass is 10.0. The summed E-state index contributed by atoms with van der Waals surface area (Å²) in [6, 6.07) is 16.0. The summed E-state index contributed by atoms with van der Waals surface area (Å²) in [5.41, 5.74) is 2.64. The summed E-state index contributed by atoms with van der Waals surface area (Å²) in [7, 11) is 0. The fraction of sp³-hybridized carbons (Fsp3) is 0.226. The van der Waals surface area contributed by atoms with E-state index < -0.39 is 5.82 Å². The third kappa shape index (κ3) is 4.15. The van der Waals surface area contributed by atoms with Crippen molar-refractivity contribution in [3.63, 3.8) is 0 Å². The van der Waals surface area contributed by atoms with E-state index in [-0.39, 0.29) is 23.8 Å². The Balaban J connectivity index is 1.27. The molecule has 0 radical (unpaired) electrons. The number of halogens is 2. The lowest BCUT2D eigenvalue weighted by molar-refractivity contribution is 0.282. The van der Waals surface area contributed by atoms with Gasteiger partial charge in [0.15, 0.2) is 5.82 Å². The number of rotatable bonds is 5. The molecular weight excluding hydrogens is 541 g/mol. The van der Waals surface area contributed by atoms with E-state index in [1.807, 2.05) is 59.3 Å². The summed E-state index contributed by atoms with van der Waals surface area (Å²) in [6.07, 6.45) is 9.45. The van der Waals surface area contributed by atoms with Crippen LogP contribution in [-0.4, -0.2) is 49.5 Å². The number of benzene rings is 2. The molecule has 8 rings (SSSR count). The topological polar surface area (TPSA) is 80.5 Å². The smallest absolute Gasteiger partial charge is 0.319 e. The van der Waals surface area contributed by atoms with E-state index in [0.29, 0.717) is 33.9 Å². The number of ether oxygens (including phenoxy) is 1. The standard InChI is InChI=1S/C31H25ClFN7O/c32-24-8-2-5-18-4-1-7-22(25(18)24)27-26(33)28-23(14-35-27)30(40-15-20-9-10-21(16-40)36-20)38-31(37-28)41-17-19-6-3-12-39-13-11-34-29(19)39/h1-8,11-14,20-21,36H,9-10,15-17H2. The predicted molar refractivity (Wildman–Crippen MR) is 157 cm³/mol. The van der Waals surface area contributed by atoms with Crippen LogP contribution in [0.25, 0.3) is 38.6 Å². The van der Waals surface area contributed by atoms with Gasteiger partial charge < -0.3 is 19.4 Å². The van der Waals surface area contributed by atoms with E-state index in [0.717, 1.165) is 47.9 Å².